The van der Waals surface area contributed by atoms with E-state index in [2.05, 4.69) is 34.2 Å². The Hall–Kier alpha value is -1.43. The smallest absolute Gasteiger partial charge is 0.243 e. The standard InChI is InChI=1S/C17H28N4O2/c1-3-5-15-19-17(23-20-15)12(2)21-9-4-6-14(11-21)16(22)18-10-13-7-8-13/h12-14H,3-11H2,1-2H3,(H,18,22)/t12-,14+/m1/s1. The SMILES string of the molecule is CCCc1noc([C@@H](C)N2CCC[C@H](C(=O)NCC3CC3)C2)n1. The summed E-state index contributed by atoms with van der Waals surface area (Å²) >= 11 is 0. The van der Waals surface area contributed by atoms with E-state index in [0.717, 1.165) is 57.1 Å². The zero-order chi connectivity index (χ0) is 16.2. The predicted octanol–water partition coefficient (Wildman–Crippen LogP) is 2.32. The molecule has 1 N–H and O–H groups in total. The van der Waals surface area contributed by atoms with Gasteiger partial charge in [0.25, 0.3) is 0 Å². The van der Waals surface area contributed by atoms with E-state index in [-0.39, 0.29) is 17.9 Å². The van der Waals surface area contributed by atoms with Gasteiger partial charge in [-0.05, 0) is 51.5 Å². The number of hydrogen-bond donors (Lipinski definition) is 1. The van der Waals surface area contributed by atoms with Gasteiger partial charge in [0.05, 0.1) is 12.0 Å². The summed E-state index contributed by atoms with van der Waals surface area (Å²) < 4.78 is 5.41. The minimum absolute atomic E-state index is 0.0761. The van der Waals surface area contributed by atoms with Gasteiger partial charge in [0.1, 0.15) is 0 Å². The van der Waals surface area contributed by atoms with Crippen molar-refractivity contribution in [2.45, 2.75) is 58.4 Å². The number of nitrogens with one attached hydrogen (secondary N) is 1. The molecule has 1 aliphatic heterocycles. The van der Waals surface area contributed by atoms with Crippen LogP contribution in [0.3, 0.4) is 0 Å². The van der Waals surface area contributed by atoms with Crippen LogP contribution in [0.15, 0.2) is 4.52 Å². The van der Waals surface area contributed by atoms with E-state index in [1.807, 2.05) is 0 Å². The molecule has 0 radical (unpaired) electrons. The lowest BCUT2D eigenvalue weighted by molar-refractivity contribution is -0.127. The quantitative estimate of drug-likeness (QED) is 0.835. The Balaban J connectivity index is 1.54. The van der Waals surface area contributed by atoms with Gasteiger partial charge in [-0.1, -0.05) is 12.1 Å². The van der Waals surface area contributed by atoms with Crippen LogP contribution in [0.4, 0.5) is 0 Å². The van der Waals surface area contributed by atoms with Gasteiger partial charge in [-0.25, -0.2) is 0 Å². The average Bonchev–Trinajstić information content (AvgIpc) is 3.29. The van der Waals surface area contributed by atoms with Gasteiger partial charge in [-0.2, -0.15) is 4.98 Å². The first kappa shape index (κ1) is 16.4. The summed E-state index contributed by atoms with van der Waals surface area (Å²) in [5.74, 6) is 2.49. The molecule has 0 spiro atoms. The van der Waals surface area contributed by atoms with Crippen LogP contribution in [0, 0.1) is 11.8 Å². The fourth-order valence-electron chi connectivity index (χ4n) is 3.20. The predicted molar refractivity (Wildman–Crippen MR) is 86.7 cm³/mol. The number of carbonyl (C=O) groups excluding carboxylic acids is 1. The molecule has 2 atom stereocenters. The third kappa shape index (κ3) is 4.31. The topological polar surface area (TPSA) is 71.3 Å². The summed E-state index contributed by atoms with van der Waals surface area (Å²) in [6, 6.07) is 0.0761. The van der Waals surface area contributed by atoms with Crippen LogP contribution in [0.1, 0.15) is 63.7 Å². The molecular weight excluding hydrogens is 292 g/mol. The molecule has 1 aromatic heterocycles. The molecule has 3 rings (SSSR count). The molecule has 1 aliphatic carbocycles. The Morgan fingerprint density at radius 3 is 3.00 bits per heavy atom. The number of hydrogen-bond acceptors (Lipinski definition) is 5. The second-order valence-electron chi connectivity index (χ2n) is 7.00. The van der Waals surface area contributed by atoms with Crippen molar-refractivity contribution in [3.8, 4) is 0 Å². The zero-order valence-electron chi connectivity index (χ0n) is 14.3. The number of amides is 1. The minimum Gasteiger partial charge on any atom is -0.356 e. The third-order valence-electron chi connectivity index (χ3n) is 4.95. The molecule has 0 bridgehead atoms. The average molecular weight is 320 g/mol. The second-order valence-corrected chi connectivity index (χ2v) is 7.00. The maximum atomic E-state index is 12.3. The van der Waals surface area contributed by atoms with Crippen molar-refractivity contribution in [3.63, 3.8) is 0 Å². The van der Waals surface area contributed by atoms with Gasteiger partial charge in [0, 0.05) is 19.5 Å². The van der Waals surface area contributed by atoms with Gasteiger partial charge >= 0.3 is 0 Å². The highest BCUT2D eigenvalue weighted by molar-refractivity contribution is 5.79. The number of carbonyl (C=O) groups is 1. The first-order valence-electron chi connectivity index (χ1n) is 9.01. The van der Waals surface area contributed by atoms with Gasteiger partial charge < -0.3 is 9.84 Å². The highest BCUT2D eigenvalue weighted by Gasteiger charge is 2.31. The van der Waals surface area contributed by atoms with Gasteiger partial charge in [0.15, 0.2) is 5.82 Å². The molecule has 23 heavy (non-hydrogen) atoms. The molecule has 1 saturated heterocycles. The van der Waals surface area contributed by atoms with Crippen LogP contribution >= 0.6 is 0 Å². The van der Waals surface area contributed by atoms with E-state index in [9.17, 15) is 4.79 Å². The normalized spacial score (nSPS) is 23.7. The second kappa shape index (κ2) is 7.43. The Kier molecular flexibility index (Phi) is 5.30. The van der Waals surface area contributed by atoms with Crippen molar-refractivity contribution < 1.29 is 9.32 Å². The van der Waals surface area contributed by atoms with Crippen LogP contribution in [-0.2, 0) is 11.2 Å². The highest BCUT2D eigenvalue weighted by atomic mass is 16.5. The lowest BCUT2D eigenvalue weighted by Crippen LogP contribution is -2.44. The summed E-state index contributed by atoms with van der Waals surface area (Å²) in [6.07, 6.45) is 6.42. The summed E-state index contributed by atoms with van der Waals surface area (Å²) in [5, 5.41) is 7.16. The van der Waals surface area contributed by atoms with Crippen molar-refractivity contribution in [2.75, 3.05) is 19.6 Å². The van der Waals surface area contributed by atoms with E-state index in [1.54, 1.807) is 0 Å². The van der Waals surface area contributed by atoms with Crippen LogP contribution in [-0.4, -0.2) is 40.6 Å². The number of aromatic nitrogens is 2. The molecule has 1 amide bonds. The number of nitrogens with zero attached hydrogens (tertiary/aromatic N) is 3. The Morgan fingerprint density at radius 1 is 1.43 bits per heavy atom. The van der Waals surface area contributed by atoms with Crippen LogP contribution in [0.25, 0.3) is 0 Å². The lowest BCUT2D eigenvalue weighted by Gasteiger charge is -2.34. The van der Waals surface area contributed by atoms with Crippen molar-refractivity contribution in [3.05, 3.63) is 11.7 Å². The Morgan fingerprint density at radius 2 is 2.26 bits per heavy atom. The zero-order valence-corrected chi connectivity index (χ0v) is 14.3. The third-order valence-corrected chi connectivity index (χ3v) is 4.95. The maximum Gasteiger partial charge on any atom is 0.243 e. The van der Waals surface area contributed by atoms with Crippen molar-refractivity contribution in [1.29, 1.82) is 0 Å². The van der Waals surface area contributed by atoms with Crippen molar-refractivity contribution in [2.24, 2.45) is 11.8 Å². The van der Waals surface area contributed by atoms with Crippen molar-refractivity contribution in [1.82, 2.24) is 20.4 Å². The molecule has 0 unspecified atom stereocenters. The molecule has 6 nitrogen and oxygen atoms in total. The molecule has 1 aromatic rings. The van der Waals surface area contributed by atoms with E-state index in [4.69, 9.17) is 4.52 Å². The fraction of sp³-hybridized carbons (Fsp3) is 0.824. The molecule has 128 valence electrons. The van der Waals surface area contributed by atoms with Gasteiger partial charge in [0.2, 0.25) is 11.8 Å². The van der Waals surface area contributed by atoms with E-state index < -0.39 is 0 Å². The Bertz CT molecular complexity index is 526. The van der Waals surface area contributed by atoms with Gasteiger partial charge in [-0.3, -0.25) is 9.69 Å². The van der Waals surface area contributed by atoms with E-state index in [1.165, 1.54) is 12.8 Å². The van der Waals surface area contributed by atoms with Gasteiger partial charge in [-0.15, -0.1) is 0 Å². The monoisotopic (exact) mass is 320 g/mol. The molecule has 6 heteroatoms. The highest BCUT2D eigenvalue weighted by Crippen LogP contribution is 2.29. The maximum absolute atomic E-state index is 12.3. The number of rotatable bonds is 7. The summed E-state index contributed by atoms with van der Waals surface area (Å²) in [4.78, 5) is 19.1. The van der Waals surface area contributed by atoms with E-state index >= 15 is 0 Å². The van der Waals surface area contributed by atoms with Crippen molar-refractivity contribution >= 4 is 5.91 Å². The van der Waals surface area contributed by atoms with E-state index in [0.29, 0.717) is 5.89 Å². The number of likely N-dealkylation sites (tertiary alicyclic amines) is 1. The molecule has 2 heterocycles. The molecule has 2 aliphatic rings. The minimum atomic E-state index is 0.0761. The largest absolute Gasteiger partial charge is 0.356 e. The van der Waals surface area contributed by atoms with Crippen LogP contribution in [0.5, 0.6) is 0 Å². The first-order valence-corrected chi connectivity index (χ1v) is 9.01. The van der Waals surface area contributed by atoms with Crippen LogP contribution < -0.4 is 5.32 Å². The summed E-state index contributed by atoms with van der Waals surface area (Å²) in [5.41, 5.74) is 0. The fourth-order valence-corrected chi connectivity index (χ4v) is 3.20. The number of aryl methyl sites for hydroxylation is 1. The number of piperidine rings is 1. The summed E-state index contributed by atoms with van der Waals surface area (Å²) in [7, 11) is 0. The first-order chi connectivity index (χ1) is 11.2. The summed E-state index contributed by atoms with van der Waals surface area (Å²) in [6.45, 7) is 6.82. The molecular formula is C17H28N4O2. The van der Waals surface area contributed by atoms with Crippen LogP contribution in [0.2, 0.25) is 0 Å². The molecule has 0 aromatic carbocycles. The molecule has 2 fully saturated rings. The molecule has 1 saturated carbocycles. The lowest BCUT2D eigenvalue weighted by atomic mass is 9.96. The Labute approximate surface area is 138 Å².